The summed E-state index contributed by atoms with van der Waals surface area (Å²) in [6.45, 7) is 0. The monoisotopic (exact) mass is 370 g/mol. The maximum absolute atomic E-state index is 12.5. The van der Waals surface area contributed by atoms with Crippen LogP contribution in [0.25, 0.3) is 10.9 Å². The molecule has 1 heterocycles. The second-order valence-electron chi connectivity index (χ2n) is 5.87. The molecule has 0 atom stereocenters. The molecule has 26 heavy (non-hydrogen) atoms. The third-order valence-corrected chi connectivity index (χ3v) is 5.74. The number of hydrogen-bond donors (Lipinski definition) is 2. The van der Waals surface area contributed by atoms with Crippen LogP contribution in [-0.4, -0.2) is 37.7 Å². The summed E-state index contributed by atoms with van der Waals surface area (Å²) < 4.78 is 26.0. The number of nitrogens with zero attached hydrogens (tertiary/aromatic N) is 2. The van der Waals surface area contributed by atoms with E-state index in [0.29, 0.717) is 16.6 Å². The maximum atomic E-state index is 12.5. The van der Waals surface area contributed by atoms with Crippen LogP contribution in [0.15, 0.2) is 59.6 Å². The van der Waals surface area contributed by atoms with E-state index in [-0.39, 0.29) is 10.5 Å². The van der Waals surface area contributed by atoms with Crippen molar-refractivity contribution < 1.29 is 13.2 Å². The number of aromatic nitrogens is 1. The molecule has 0 spiro atoms. The summed E-state index contributed by atoms with van der Waals surface area (Å²) in [5, 5.41) is 3.65. The van der Waals surface area contributed by atoms with Crippen LogP contribution in [-0.2, 0) is 10.0 Å². The van der Waals surface area contributed by atoms with Gasteiger partial charge in [0.05, 0.1) is 21.7 Å². The van der Waals surface area contributed by atoms with Crippen LogP contribution in [0.4, 0.5) is 11.4 Å². The molecule has 1 amide bonds. The van der Waals surface area contributed by atoms with Gasteiger partial charge >= 0.3 is 0 Å². The Labute approximate surface area is 151 Å². The molecule has 7 nitrogen and oxygen atoms in total. The summed E-state index contributed by atoms with van der Waals surface area (Å²) in [5.74, 6) is -0.654. The van der Waals surface area contributed by atoms with E-state index < -0.39 is 15.9 Å². The third kappa shape index (κ3) is 3.24. The van der Waals surface area contributed by atoms with Crippen molar-refractivity contribution in [2.45, 2.75) is 4.90 Å². The standard InChI is InChI=1S/C18H18N4O3S/c1-22(2)26(24,25)13-8-9-16-14(10-13)17(15(11-20-16)18(19)23)21-12-6-4-3-5-7-12/h3-11H,1-2H3,(H2,19,23)(H,20,21). The minimum absolute atomic E-state index is 0.106. The highest BCUT2D eigenvalue weighted by Crippen LogP contribution is 2.31. The first kappa shape index (κ1) is 17.8. The van der Waals surface area contributed by atoms with Crippen molar-refractivity contribution in [2.75, 3.05) is 19.4 Å². The zero-order valence-electron chi connectivity index (χ0n) is 14.3. The molecule has 0 aliphatic carbocycles. The summed E-state index contributed by atoms with van der Waals surface area (Å²) in [4.78, 5) is 16.2. The normalized spacial score (nSPS) is 11.7. The number of nitrogens with two attached hydrogens (primary N) is 1. The zero-order chi connectivity index (χ0) is 18.9. The Bertz CT molecular complexity index is 1080. The maximum Gasteiger partial charge on any atom is 0.252 e. The van der Waals surface area contributed by atoms with E-state index in [1.807, 2.05) is 30.3 Å². The molecule has 0 aliphatic heterocycles. The largest absolute Gasteiger partial charge is 0.365 e. The van der Waals surface area contributed by atoms with E-state index in [9.17, 15) is 13.2 Å². The van der Waals surface area contributed by atoms with Gasteiger partial charge < -0.3 is 11.1 Å². The van der Waals surface area contributed by atoms with Gasteiger partial charge in [-0.3, -0.25) is 9.78 Å². The van der Waals surface area contributed by atoms with Gasteiger partial charge in [0.15, 0.2) is 0 Å². The first-order valence-electron chi connectivity index (χ1n) is 7.78. The summed E-state index contributed by atoms with van der Waals surface area (Å²) in [6.07, 6.45) is 1.38. The molecule has 0 aliphatic rings. The number of fused-ring (bicyclic) bond motifs is 1. The molecule has 8 heteroatoms. The van der Waals surface area contributed by atoms with Gasteiger partial charge in [-0.2, -0.15) is 0 Å². The Morgan fingerprint density at radius 1 is 1.12 bits per heavy atom. The average Bonchev–Trinajstić information content (AvgIpc) is 2.62. The zero-order valence-corrected chi connectivity index (χ0v) is 15.1. The third-order valence-electron chi connectivity index (χ3n) is 3.93. The molecule has 0 bridgehead atoms. The number of pyridine rings is 1. The van der Waals surface area contributed by atoms with Crippen molar-refractivity contribution in [3.8, 4) is 0 Å². The lowest BCUT2D eigenvalue weighted by Crippen LogP contribution is -2.22. The topological polar surface area (TPSA) is 105 Å². The molecule has 1 aromatic heterocycles. The van der Waals surface area contributed by atoms with Crippen LogP contribution in [0, 0.1) is 0 Å². The number of rotatable bonds is 5. The number of sulfonamides is 1. The number of primary amides is 1. The van der Waals surface area contributed by atoms with Crippen molar-refractivity contribution in [2.24, 2.45) is 5.73 Å². The van der Waals surface area contributed by atoms with Crippen LogP contribution in [0.5, 0.6) is 0 Å². The van der Waals surface area contributed by atoms with E-state index in [1.165, 1.54) is 32.4 Å². The van der Waals surface area contributed by atoms with Crippen molar-refractivity contribution >= 4 is 38.2 Å². The molecule has 134 valence electrons. The van der Waals surface area contributed by atoms with E-state index in [4.69, 9.17) is 5.73 Å². The number of hydrogen-bond acceptors (Lipinski definition) is 5. The van der Waals surface area contributed by atoms with Crippen LogP contribution < -0.4 is 11.1 Å². The van der Waals surface area contributed by atoms with Crippen LogP contribution in [0.2, 0.25) is 0 Å². The molecule has 3 N–H and O–H groups in total. The van der Waals surface area contributed by atoms with Gasteiger partial charge in [0.25, 0.3) is 5.91 Å². The SMILES string of the molecule is CN(C)S(=O)(=O)c1ccc2ncc(C(N)=O)c(Nc3ccccc3)c2c1. The molecule has 0 saturated heterocycles. The first-order valence-corrected chi connectivity index (χ1v) is 9.22. The fourth-order valence-electron chi connectivity index (χ4n) is 2.53. The van der Waals surface area contributed by atoms with Crippen molar-refractivity contribution in [3.63, 3.8) is 0 Å². The number of anilines is 2. The fourth-order valence-corrected chi connectivity index (χ4v) is 3.46. The van der Waals surface area contributed by atoms with Crippen LogP contribution >= 0.6 is 0 Å². The second kappa shape index (κ2) is 6.74. The van der Waals surface area contributed by atoms with Gasteiger partial charge in [0, 0.05) is 31.4 Å². The van der Waals surface area contributed by atoms with Crippen molar-refractivity contribution in [1.82, 2.24) is 9.29 Å². The lowest BCUT2D eigenvalue weighted by Gasteiger charge is -2.15. The summed E-state index contributed by atoms with van der Waals surface area (Å²) in [7, 11) is -0.711. The molecule has 2 aromatic carbocycles. The lowest BCUT2D eigenvalue weighted by atomic mass is 10.1. The van der Waals surface area contributed by atoms with Gasteiger partial charge in [-0.15, -0.1) is 0 Å². The number of nitrogens with one attached hydrogen (secondary N) is 1. The lowest BCUT2D eigenvalue weighted by molar-refractivity contribution is 0.100. The number of benzene rings is 2. The van der Waals surface area contributed by atoms with Crippen LogP contribution in [0.3, 0.4) is 0 Å². The first-order chi connectivity index (χ1) is 12.3. The van der Waals surface area contributed by atoms with Gasteiger partial charge in [-0.05, 0) is 30.3 Å². The Morgan fingerprint density at radius 2 is 1.81 bits per heavy atom. The van der Waals surface area contributed by atoms with E-state index in [2.05, 4.69) is 10.3 Å². The molecular formula is C18H18N4O3S. The van der Waals surface area contributed by atoms with Crippen molar-refractivity contribution in [3.05, 3.63) is 60.3 Å². The highest BCUT2D eigenvalue weighted by atomic mass is 32.2. The molecule has 0 fully saturated rings. The minimum atomic E-state index is -3.63. The highest BCUT2D eigenvalue weighted by Gasteiger charge is 2.20. The number of carbonyl (C=O) groups excluding carboxylic acids is 1. The quantitative estimate of drug-likeness (QED) is 0.717. The van der Waals surface area contributed by atoms with E-state index in [1.54, 1.807) is 6.07 Å². The smallest absolute Gasteiger partial charge is 0.252 e. The Kier molecular flexibility index (Phi) is 4.62. The summed E-state index contributed by atoms with van der Waals surface area (Å²) >= 11 is 0. The summed E-state index contributed by atoms with van der Waals surface area (Å²) in [5.41, 5.74) is 7.37. The van der Waals surface area contributed by atoms with Gasteiger partial charge in [-0.1, -0.05) is 18.2 Å². The second-order valence-corrected chi connectivity index (χ2v) is 8.02. The minimum Gasteiger partial charge on any atom is -0.365 e. The van der Waals surface area contributed by atoms with Gasteiger partial charge in [0.2, 0.25) is 10.0 Å². The Morgan fingerprint density at radius 3 is 2.42 bits per heavy atom. The van der Waals surface area contributed by atoms with E-state index in [0.717, 1.165) is 9.99 Å². The number of carbonyl (C=O) groups is 1. The average molecular weight is 370 g/mol. The predicted molar refractivity (Wildman–Crippen MR) is 101 cm³/mol. The Hall–Kier alpha value is -2.97. The predicted octanol–water partition coefficient (Wildman–Crippen LogP) is 2.33. The molecule has 0 radical (unpaired) electrons. The van der Waals surface area contributed by atoms with E-state index >= 15 is 0 Å². The fraction of sp³-hybridized carbons (Fsp3) is 0.111. The molecule has 0 saturated carbocycles. The van der Waals surface area contributed by atoms with Crippen molar-refractivity contribution in [1.29, 1.82) is 0 Å². The van der Waals surface area contributed by atoms with Crippen LogP contribution in [0.1, 0.15) is 10.4 Å². The Balaban J connectivity index is 2.27. The molecule has 0 unspecified atom stereocenters. The molecular weight excluding hydrogens is 352 g/mol. The molecule has 3 rings (SSSR count). The summed E-state index contributed by atoms with van der Waals surface area (Å²) in [6, 6.07) is 13.8. The molecule has 3 aromatic rings. The number of amides is 1. The highest BCUT2D eigenvalue weighted by molar-refractivity contribution is 7.89. The van der Waals surface area contributed by atoms with Gasteiger partial charge in [0.1, 0.15) is 0 Å². The number of para-hydroxylation sites is 1. The van der Waals surface area contributed by atoms with Gasteiger partial charge in [-0.25, -0.2) is 12.7 Å².